The molecule has 2 nitrogen and oxygen atoms in total. The van der Waals surface area contributed by atoms with Crippen molar-refractivity contribution in [3.8, 4) is 0 Å². The van der Waals surface area contributed by atoms with Gasteiger partial charge in [-0.3, -0.25) is 0 Å². The van der Waals surface area contributed by atoms with E-state index in [1.165, 1.54) is 6.07 Å². The molecule has 0 unspecified atom stereocenters. The van der Waals surface area contributed by atoms with Gasteiger partial charge in [0, 0.05) is 13.1 Å². The molecule has 0 aliphatic carbocycles. The number of likely N-dealkylation sites (N-methyl/N-ethyl adjacent to an activating group) is 1. The van der Waals surface area contributed by atoms with Gasteiger partial charge in [0.15, 0.2) is 0 Å². The van der Waals surface area contributed by atoms with Gasteiger partial charge in [-0.1, -0.05) is 18.2 Å². The first-order chi connectivity index (χ1) is 7.20. The number of nitrogens with zero attached hydrogens (tertiary/aromatic N) is 1. The summed E-state index contributed by atoms with van der Waals surface area (Å²) in [5.41, 5.74) is 0.787. The highest BCUT2D eigenvalue weighted by atomic mass is 19.1. The number of hydrogen-bond donors (Lipinski definition) is 1. The summed E-state index contributed by atoms with van der Waals surface area (Å²) in [4.78, 5) is 2.12. The highest BCUT2D eigenvalue weighted by molar-refractivity contribution is 5.17. The molecule has 0 aliphatic heterocycles. The van der Waals surface area contributed by atoms with Crippen molar-refractivity contribution in [2.45, 2.75) is 6.42 Å². The zero-order chi connectivity index (χ0) is 11.1. The van der Waals surface area contributed by atoms with E-state index in [0.717, 1.165) is 31.6 Å². The molecule has 0 saturated heterocycles. The van der Waals surface area contributed by atoms with Crippen LogP contribution in [0.1, 0.15) is 5.56 Å². The Labute approximate surface area is 91.1 Å². The third-order valence-electron chi connectivity index (χ3n) is 2.26. The van der Waals surface area contributed by atoms with E-state index in [1.54, 1.807) is 6.07 Å². The fraction of sp³-hybridized carbons (Fsp3) is 0.500. The van der Waals surface area contributed by atoms with Crippen LogP contribution in [-0.2, 0) is 6.42 Å². The molecule has 1 aromatic carbocycles. The van der Waals surface area contributed by atoms with Crippen molar-refractivity contribution in [3.05, 3.63) is 35.6 Å². The second-order valence-electron chi connectivity index (χ2n) is 3.89. The van der Waals surface area contributed by atoms with E-state index in [4.69, 9.17) is 0 Å². The summed E-state index contributed by atoms with van der Waals surface area (Å²) in [6, 6.07) is 6.94. The van der Waals surface area contributed by atoms with Crippen molar-refractivity contribution >= 4 is 0 Å². The first kappa shape index (κ1) is 12.1. The quantitative estimate of drug-likeness (QED) is 0.716. The summed E-state index contributed by atoms with van der Waals surface area (Å²) in [6.07, 6.45) is 0.750. The molecular weight excluding hydrogens is 191 g/mol. The fourth-order valence-electron chi connectivity index (χ4n) is 1.35. The zero-order valence-corrected chi connectivity index (χ0v) is 9.46. The Bertz CT molecular complexity index is 287. The monoisotopic (exact) mass is 210 g/mol. The van der Waals surface area contributed by atoms with Crippen LogP contribution < -0.4 is 5.32 Å². The van der Waals surface area contributed by atoms with Gasteiger partial charge < -0.3 is 10.2 Å². The molecule has 1 N–H and O–H groups in total. The Balaban J connectivity index is 2.18. The molecule has 3 heteroatoms. The minimum Gasteiger partial charge on any atom is -0.315 e. The van der Waals surface area contributed by atoms with Crippen LogP contribution in [0.15, 0.2) is 24.3 Å². The maximum atomic E-state index is 13.2. The molecule has 0 spiro atoms. The highest BCUT2D eigenvalue weighted by Crippen LogP contribution is 2.05. The van der Waals surface area contributed by atoms with Gasteiger partial charge in [0.2, 0.25) is 0 Å². The molecule has 0 saturated carbocycles. The second-order valence-corrected chi connectivity index (χ2v) is 3.89. The van der Waals surface area contributed by atoms with Crippen LogP contribution >= 0.6 is 0 Å². The Morgan fingerprint density at radius 1 is 1.20 bits per heavy atom. The first-order valence-corrected chi connectivity index (χ1v) is 5.29. The van der Waals surface area contributed by atoms with Gasteiger partial charge in [0.25, 0.3) is 0 Å². The number of rotatable bonds is 6. The molecular formula is C12H19FN2. The molecule has 0 aromatic heterocycles. The molecule has 0 amide bonds. The van der Waals surface area contributed by atoms with Crippen molar-refractivity contribution in [3.63, 3.8) is 0 Å². The molecule has 0 aliphatic rings. The summed E-state index contributed by atoms with van der Waals surface area (Å²) in [7, 11) is 4.08. The lowest BCUT2D eigenvalue weighted by Crippen LogP contribution is -2.28. The zero-order valence-electron chi connectivity index (χ0n) is 9.46. The molecule has 0 radical (unpaired) electrons. The number of halogens is 1. The highest BCUT2D eigenvalue weighted by Gasteiger charge is 1.99. The summed E-state index contributed by atoms with van der Waals surface area (Å²) in [6.45, 7) is 2.79. The standard InChI is InChI=1S/C12H19FN2/c1-15(2)10-9-14-8-7-11-5-3-4-6-12(11)13/h3-6,14H,7-10H2,1-2H3. The predicted molar refractivity (Wildman–Crippen MR) is 61.5 cm³/mol. The van der Waals surface area contributed by atoms with Gasteiger partial charge in [-0.25, -0.2) is 4.39 Å². The Kier molecular flexibility index (Phi) is 5.29. The molecule has 0 fully saturated rings. The molecule has 84 valence electrons. The minimum absolute atomic E-state index is 0.105. The Morgan fingerprint density at radius 3 is 2.60 bits per heavy atom. The third-order valence-corrected chi connectivity index (χ3v) is 2.26. The average molecular weight is 210 g/mol. The van der Waals surface area contributed by atoms with Crippen LogP contribution in [0.4, 0.5) is 4.39 Å². The summed E-state index contributed by atoms with van der Waals surface area (Å²) in [5, 5.41) is 3.28. The van der Waals surface area contributed by atoms with Crippen LogP contribution in [0.25, 0.3) is 0 Å². The molecule has 0 bridgehead atoms. The average Bonchev–Trinajstić information content (AvgIpc) is 2.20. The van der Waals surface area contributed by atoms with Gasteiger partial charge in [-0.2, -0.15) is 0 Å². The smallest absolute Gasteiger partial charge is 0.126 e. The minimum atomic E-state index is -0.105. The van der Waals surface area contributed by atoms with E-state index in [0.29, 0.717) is 0 Å². The maximum Gasteiger partial charge on any atom is 0.126 e. The van der Waals surface area contributed by atoms with Crippen molar-refractivity contribution in [2.75, 3.05) is 33.7 Å². The Hall–Kier alpha value is -0.930. The fourth-order valence-corrected chi connectivity index (χ4v) is 1.35. The molecule has 1 aromatic rings. The summed E-state index contributed by atoms with van der Waals surface area (Å²) >= 11 is 0. The van der Waals surface area contributed by atoms with Crippen LogP contribution in [0.5, 0.6) is 0 Å². The van der Waals surface area contributed by atoms with E-state index in [-0.39, 0.29) is 5.82 Å². The van der Waals surface area contributed by atoms with E-state index in [1.807, 2.05) is 26.2 Å². The van der Waals surface area contributed by atoms with Crippen LogP contribution in [-0.4, -0.2) is 38.6 Å². The van der Waals surface area contributed by atoms with Gasteiger partial charge in [0.05, 0.1) is 0 Å². The Morgan fingerprint density at radius 2 is 1.93 bits per heavy atom. The van der Waals surface area contributed by atoms with Gasteiger partial charge >= 0.3 is 0 Å². The van der Waals surface area contributed by atoms with Crippen molar-refractivity contribution in [1.82, 2.24) is 10.2 Å². The molecule has 15 heavy (non-hydrogen) atoms. The van der Waals surface area contributed by atoms with Crippen LogP contribution in [0.2, 0.25) is 0 Å². The number of nitrogens with one attached hydrogen (secondary N) is 1. The second kappa shape index (κ2) is 6.53. The predicted octanol–water partition coefficient (Wildman–Crippen LogP) is 1.52. The lowest BCUT2D eigenvalue weighted by atomic mass is 10.1. The lowest BCUT2D eigenvalue weighted by molar-refractivity contribution is 0.400. The van der Waals surface area contributed by atoms with E-state index >= 15 is 0 Å². The van der Waals surface area contributed by atoms with Crippen molar-refractivity contribution < 1.29 is 4.39 Å². The number of benzene rings is 1. The van der Waals surface area contributed by atoms with E-state index in [9.17, 15) is 4.39 Å². The van der Waals surface area contributed by atoms with Crippen molar-refractivity contribution in [1.29, 1.82) is 0 Å². The maximum absolute atomic E-state index is 13.2. The van der Waals surface area contributed by atoms with E-state index < -0.39 is 0 Å². The summed E-state index contributed by atoms with van der Waals surface area (Å²) in [5.74, 6) is -0.105. The van der Waals surface area contributed by atoms with Crippen LogP contribution in [0, 0.1) is 5.82 Å². The van der Waals surface area contributed by atoms with Crippen LogP contribution in [0.3, 0.4) is 0 Å². The molecule has 1 rings (SSSR count). The van der Waals surface area contributed by atoms with Gasteiger partial charge in [-0.05, 0) is 38.7 Å². The molecule has 0 atom stereocenters. The number of hydrogen-bond acceptors (Lipinski definition) is 2. The van der Waals surface area contributed by atoms with E-state index in [2.05, 4.69) is 10.2 Å². The largest absolute Gasteiger partial charge is 0.315 e. The summed E-state index contributed by atoms with van der Waals surface area (Å²) < 4.78 is 13.2. The normalized spacial score (nSPS) is 10.9. The topological polar surface area (TPSA) is 15.3 Å². The van der Waals surface area contributed by atoms with Gasteiger partial charge in [0.1, 0.15) is 5.82 Å². The first-order valence-electron chi connectivity index (χ1n) is 5.29. The lowest BCUT2D eigenvalue weighted by Gasteiger charge is -2.10. The molecule has 0 heterocycles. The SMILES string of the molecule is CN(C)CCNCCc1ccccc1F. The third kappa shape index (κ3) is 4.91. The van der Waals surface area contributed by atoms with Gasteiger partial charge in [-0.15, -0.1) is 0 Å². The van der Waals surface area contributed by atoms with Crippen molar-refractivity contribution in [2.24, 2.45) is 0 Å².